The van der Waals surface area contributed by atoms with Crippen molar-refractivity contribution >= 4 is 22.8 Å². The highest BCUT2D eigenvalue weighted by Gasteiger charge is 2.16. The molecule has 0 bridgehead atoms. The minimum Gasteiger partial charge on any atom is -0.473 e. The number of fused-ring (bicyclic) bond motifs is 1. The van der Waals surface area contributed by atoms with Crippen molar-refractivity contribution in [2.24, 2.45) is 0 Å². The van der Waals surface area contributed by atoms with E-state index >= 15 is 0 Å². The minimum absolute atomic E-state index is 1.09. The SMILES string of the molecule is CC1=C(Cc2ccccc2)CCN(CCCc2c[nH]c3ccc(-n4cnnc4)cc23)C1.O=C(O)C(=O)O. The highest BCUT2D eigenvalue weighted by atomic mass is 16.4. The molecule has 0 radical (unpaired) electrons. The van der Waals surface area contributed by atoms with Gasteiger partial charge in [-0.3, -0.25) is 9.47 Å². The standard InChI is InChI=1S/C26H29N5.C2H2O4/c1-20-17-30(13-11-22(20)14-21-6-3-2-4-7-21)12-5-8-23-16-27-26-10-9-24(15-25(23)26)31-18-28-29-19-31;3-1(4)2(5)6/h2-4,6-7,9-10,15-16,18-19,27H,5,8,11-14,17H2,1H3;(H,3,4)(H,5,6). The first kappa shape index (κ1) is 25.8. The fraction of sp³-hybridized carbons (Fsp3) is 0.286. The molecule has 9 nitrogen and oxygen atoms in total. The van der Waals surface area contributed by atoms with Crippen molar-refractivity contribution in [3.8, 4) is 5.69 Å². The summed E-state index contributed by atoms with van der Waals surface area (Å²) in [5, 5.41) is 23.9. The van der Waals surface area contributed by atoms with Crippen LogP contribution in [0, 0.1) is 0 Å². The average Bonchev–Trinajstić information content (AvgIpc) is 3.57. The molecule has 0 fully saturated rings. The Hall–Kier alpha value is -4.24. The third kappa shape index (κ3) is 6.92. The van der Waals surface area contributed by atoms with Gasteiger partial charge in [0.15, 0.2) is 0 Å². The molecular weight excluding hydrogens is 470 g/mol. The number of aromatic nitrogens is 4. The molecule has 0 saturated carbocycles. The predicted molar refractivity (Wildman–Crippen MR) is 141 cm³/mol. The molecule has 0 amide bonds. The fourth-order valence-electron chi connectivity index (χ4n) is 4.67. The van der Waals surface area contributed by atoms with Crippen molar-refractivity contribution < 1.29 is 19.8 Å². The number of carboxylic acid groups (broad SMARTS) is 2. The zero-order chi connectivity index (χ0) is 26.2. The van der Waals surface area contributed by atoms with Gasteiger partial charge >= 0.3 is 11.9 Å². The monoisotopic (exact) mass is 501 g/mol. The lowest BCUT2D eigenvalue weighted by Crippen LogP contribution is -2.32. The van der Waals surface area contributed by atoms with Crippen LogP contribution in [-0.2, 0) is 22.4 Å². The maximum Gasteiger partial charge on any atom is 0.414 e. The maximum absolute atomic E-state index is 9.10. The summed E-state index contributed by atoms with van der Waals surface area (Å²) < 4.78 is 1.95. The van der Waals surface area contributed by atoms with Gasteiger partial charge in [-0.2, -0.15) is 0 Å². The van der Waals surface area contributed by atoms with Crippen LogP contribution in [0.2, 0.25) is 0 Å². The maximum atomic E-state index is 9.10. The highest BCUT2D eigenvalue weighted by molar-refractivity contribution is 6.27. The van der Waals surface area contributed by atoms with E-state index in [-0.39, 0.29) is 0 Å². The lowest BCUT2D eigenvalue weighted by atomic mass is 9.94. The summed E-state index contributed by atoms with van der Waals surface area (Å²) in [5.74, 6) is -3.65. The number of carbonyl (C=O) groups is 2. The summed E-state index contributed by atoms with van der Waals surface area (Å²) in [6.45, 7) is 5.74. The largest absolute Gasteiger partial charge is 0.473 e. The van der Waals surface area contributed by atoms with Crippen LogP contribution in [0.15, 0.2) is 78.5 Å². The first-order valence-electron chi connectivity index (χ1n) is 12.3. The molecule has 1 aliphatic rings. The van der Waals surface area contributed by atoms with Crippen LogP contribution < -0.4 is 0 Å². The van der Waals surface area contributed by atoms with Gasteiger partial charge in [0, 0.05) is 35.9 Å². The number of hydrogen-bond acceptors (Lipinski definition) is 5. The molecule has 5 rings (SSSR count). The molecule has 192 valence electrons. The first-order valence-corrected chi connectivity index (χ1v) is 12.3. The Kier molecular flexibility index (Phi) is 8.48. The highest BCUT2D eigenvalue weighted by Crippen LogP contribution is 2.24. The van der Waals surface area contributed by atoms with Gasteiger partial charge in [-0.1, -0.05) is 41.5 Å². The smallest absolute Gasteiger partial charge is 0.414 e. The van der Waals surface area contributed by atoms with Gasteiger partial charge in [0.05, 0.1) is 0 Å². The zero-order valence-electron chi connectivity index (χ0n) is 20.8. The van der Waals surface area contributed by atoms with Crippen molar-refractivity contribution in [3.63, 3.8) is 0 Å². The Balaban J connectivity index is 0.000000480. The predicted octanol–water partition coefficient (Wildman–Crippen LogP) is 4.10. The molecule has 0 atom stereocenters. The number of nitrogens with zero attached hydrogens (tertiary/aromatic N) is 4. The van der Waals surface area contributed by atoms with Crippen LogP contribution in [0.4, 0.5) is 0 Å². The van der Waals surface area contributed by atoms with Crippen LogP contribution in [0.1, 0.15) is 30.9 Å². The number of aryl methyl sites for hydroxylation is 1. The van der Waals surface area contributed by atoms with E-state index in [0.29, 0.717) is 0 Å². The van der Waals surface area contributed by atoms with Crippen LogP contribution in [-0.4, -0.2) is 66.4 Å². The van der Waals surface area contributed by atoms with E-state index in [1.165, 1.54) is 41.4 Å². The van der Waals surface area contributed by atoms with E-state index in [4.69, 9.17) is 19.8 Å². The zero-order valence-corrected chi connectivity index (χ0v) is 20.8. The molecule has 3 N–H and O–H groups in total. The third-order valence-corrected chi connectivity index (χ3v) is 6.63. The Labute approximate surface area is 215 Å². The topological polar surface area (TPSA) is 124 Å². The summed E-state index contributed by atoms with van der Waals surface area (Å²) >= 11 is 0. The third-order valence-electron chi connectivity index (χ3n) is 6.63. The summed E-state index contributed by atoms with van der Waals surface area (Å²) in [6, 6.07) is 17.3. The number of benzene rings is 2. The van der Waals surface area contributed by atoms with Gasteiger partial charge < -0.3 is 15.2 Å². The average molecular weight is 502 g/mol. The van der Waals surface area contributed by atoms with Gasteiger partial charge in [-0.05, 0) is 68.5 Å². The molecule has 37 heavy (non-hydrogen) atoms. The van der Waals surface area contributed by atoms with Crippen molar-refractivity contribution in [1.29, 1.82) is 0 Å². The number of carboxylic acids is 2. The molecule has 0 saturated heterocycles. The molecule has 0 spiro atoms. The molecule has 2 aromatic heterocycles. The van der Waals surface area contributed by atoms with E-state index in [2.05, 4.69) is 81.7 Å². The first-order chi connectivity index (χ1) is 17.9. The van der Waals surface area contributed by atoms with E-state index in [9.17, 15) is 0 Å². The molecule has 0 aliphatic carbocycles. The Bertz CT molecular complexity index is 1360. The van der Waals surface area contributed by atoms with Gasteiger partial charge in [0.2, 0.25) is 0 Å². The van der Waals surface area contributed by atoms with Gasteiger partial charge in [0.1, 0.15) is 12.7 Å². The second-order valence-corrected chi connectivity index (χ2v) is 9.20. The Morgan fingerprint density at radius 1 is 1.03 bits per heavy atom. The number of hydrogen-bond donors (Lipinski definition) is 3. The van der Waals surface area contributed by atoms with Crippen LogP contribution in [0.25, 0.3) is 16.6 Å². The summed E-state index contributed by atoms with van der Waals surface area (Å²) in [6.07, 6.45) is 10.2. The minimum atomic E-state index is -1.82. The molecule has 9 heteroatoms. The molecule has 3 heterocycles. The van der Waals surface area contributed by atoms with Crippen LogP contribution >= 0.6 is 0 Å². The molecule has 4 aromatic rings. The van der Waals surface area contributed by atoms with Crippen LogP contribution in [0.3, 0.4) is 0 Å². The molecule has 0 unspecified atom stereocenters. The molecule has 1 aliphatic heterocycles. The van der Waals surface area contributed by atoms with E-state index in [0.717, 1.165) is 31.6 Å². The number of aliphatic carboxylic acids is 2. The molecule has 2 aromatic carbocycles. The quantitative estimate of drug-likeness (QED) is 0.257. The van der Waals surface area contributed by atoms with E-state index < -0.39 is 11.9 Å². The van der Waals surface area contributed by atoms with Crippen molar-refractivity contribution in [1.82, 2.24) is 24.6 Å². The van der Waals surface area contributed by atoms with Gasteiger partial charge in [0.25, 0.3) is 0 Å². The van der Waals surface area contributed by atoms with Crippen molar-refractivity contribution in [2.45, 2.75) is 32.6 Å². The van der Waals surface area contributed by atoms with Gasteiger partial charge in [-0.25, -0.2) is 9.59 Å². The summed E-state index contributed by atoms with van der Waals surface area (Å²) in [4.78, 5) is 24.2. The van der Waals surface area contributed by atoms with E-state index in [1.54, 1.807) is 23.8 Å². The number of aromatic amines is 1. The number of nitrogens with one attached hydrogen (secondary N) is 1. The number of rotatable bonds is 7. The van der Waals surface area contributed by atoms with Gasteiger partial charge in [-0.15, -0.1) is 10.2 Å². The summed E-state index contributed by atoms with van der Waals surface area (Å²) in [5.41, 5.74) is 8.28. The summed E-state index contributed by atoms with van der Waals surface area (Å²) in [7, 11) is 0. The van der Waals surface area contributed by atoms with Crippen molar-refractivity contribution in [3.05, 3.63) is 89.7 Å². The second kappa shape index (κ2) is 12.1. The Morgan fingerprint density at radius 2 is 1.76 bits per heavy atom. The van der Waals surface area contributed by atoms with E-state index in [1.807, 2.05) is 4.57 Å². The Morgan fingerprint density at radius 3 is 2.43 bits per heavy atom. The lowest BCUT2D eigenvalue weighted by molar-refractivity contribution is -0.159. The van der Waals surface area contributed by atoms with Crippen molar-refractivity contribution in [2.75, 3.05) is 19.6 Å². The van der Waals surface area contributed by atoms with Crippen LogP contribution in [0.5, 0.6) is 0 Å². The normalized spacial score (nSPS) is 13.9. The molecular formula is C28H31N5O4. The lowest BCUT2D eigenvalue weighted by Gasteiger charge is -2.30. The fourth-order valence-corrected chi connectivity index (χ4v) is 4.67. The second-order valence-electron chi connectivity index (χ2n) is 9.20. The number of H-pyrrole nitrogens is 1.